The molecule has 1 fully saturated rings. The molecule has 18 heavy (non-hydrogen) atoms. The zero-order chi connectivity index (χ0) is 12.8. The average Bonchev–Trinajstić information content (AvgIpc) is 2.57. The molecule has 1 heterocycles. The first-order valence-corrected chi connectivity index (χ1v) is 6.59. The monoisotopic (exact) mass is 247 g/mol. The minimum Gasteiger partial charge on any atom is -0.335 e. The lowest BCUT2D eigenvalue weighted by Gasteiger charge is -2.16. The van der Waals surface area contributed by atoms with Crippen molar-refractivity contribution in [3.8, 4) is 0 Å². The molecule has 0 saturated carbocycles. The Morgan fingerprint density at radius 3 is 3.06 bits per heavy atom. The van der Waals surface area contributed by atoms with E-state index in [1.54, 1.807) is 0 Å². The van der Waals surface area contributed by atoms with Crippen molar-refractivity contribution >= 4 is 11.7 Å². The number of hydrogen-bond acceptors (Lipinski definition) is 2. The van der Waals surface area contributed by atoms with Gasteiger partial charge in [-0.25, -0.2) is 4.79 Å². The number of nitrogens with one attached hydrogen (secondary N) is 3. The summed E-state index contributed by atoms with van der Waals surface area (Å²) < 4.78 is 0. The Morgan fingerprint density at radius 2 is 2.22 bits per heavy atom. The lowest BCUT2D eigenvalue weighted by atomic mass is 10.1. The number of rotatable bonds is 2. The summed E-state index contributed by atoms with van der Waals surface area (Å²) in [6.45, 7) is 4.05. The van der Waals surface area contributed by atoms with Gasteiger partial charge in [0.2, 0.25) is 0 Å². The van der Waals surface area contributed by atoms with E-state index in [-0.39, 0.29) is 12.1 Å². The van der Waals surface area contributed by atoms with Gasteiger partial charge in [0.15, 0.2) is 0 Å². The van der Waals surface area contributed by atoms with E-state index >= 15 is 0 Å². The summed E-state index contributed by atoms with van der Waals surface area (Å²) in [5, 5.41) is 9.25. The maximum absolute atomic E-state index is 11.9. The Balaban J connectivity index is 1.84. The van der Waals surface area contributed by atoms with Crippen LogP contribution >= 0.6 is 0 Å². The SMILES string of the molecule is Cc1cccc(NC(=O)NC2CCCNCC2)c1. The molecule has 1 aliphatic rings. The summed E-state index contributed by atoms with van der Waals surface area (Å²) >= 11 is 0. The maximum atomic E-state index is 11.9. The van der Waals surface area contributed by atoms with Crippen LogP contribution < -0.4 is 16.0 Å². The molecule has 1 aliphatic heterocycles. The van der Waals surface area contributed by atoms with Crippen LogP contribution in [0.15, 0.2) is 24.3 Å². The van der Waals surface area contributed by atoms with E-state index in [4.69, 9.17) is 0 Å². The molecular formula is C14H21N3O. The van der Waals surface area contributed by atoms with Crippen molar-refractivity contribution in [1.29, 1.82) is 0 Å². The largest absolute Gasteiger partial charge is 0.335 e. The third kappa shape index (κ3) is 4.04. The van der Waals surface area contributed by atoms with Gasteiger partial charge in [-0.1, -0.05) is 12.1 Å². The molecule has 0 aliphatic carbocycles. The normalized spacial score (nSPS) is 19.9. The molecule has 4 nitrogen and oxygen atoms in total. The van der Waals surface area contributed by atoms with Crippen LogP contribution in [0.3, 0.4) is 0 Å². The molecule has 1 saturated heterocycles. The van der Waals surface area contributed by atoms with Crippen molar-refractivity contribution in [2.45, 2.75) is 32.2 Å². The summed E-state index contributed by atoms with van der Waals surface area (Å²) in [7, 11) is 0. The van der Waals surface area contributed by atoms with Crippen molar-refractivity contribution in [2.24, 2.45) is 0 Å². The van der Waals surface area contributed by atoms with Gasteiger partial charge in [0.25, 0.3) is 0 Å². The molecule has 1 aromatic carbocycles. The molecular weight excluding hydrogens is 226 g/mol. The van der Waals surface area contributed by atoms with Crippen molar-refractivity contribution in [1.82, 2.24) is 10.6 Å². The van der Waals surface area contributed by atoms with Gasteiger partial charge in [0.05, 0.1) is 0 Å². The van der Waals surface area contributed by atoms with Gasteiger partial charge < -0.3 is 16.0 Å². The standard InChI is InChI=1S/C14H21N3O/c1-11-4-2-5-13(10-11)17-14(18)16-12-6-3-8-15-9-7-12/h2,4-5,10,12,15H,3,6-9H2,1H3,(H2,16,17,18). The molecule has 3 N–H and O–H groups in total. The zero-order valence-corrected chi connectivity index (χ0v) is 10.8. The lowest BCUT2D eigenvalue weighted by molar-refractivity contribution is 0.247. The van der Waals surface area contributed by atoms with Gasteiger partial charge in [-0.15, -0.1) is 0 Å². The summed E-state index contributed by atoms with van der Waals surface area (Å²) in [5.74, 6) is 0. The number of aryl methyl sites for hydroxylation is 1. The summed E-state index contributed by atoms with van der Waals surface area (Å²) in [6.07, 6.45) is 3.17. The second kappa shape index (κ2) is 6.40. The summed E-state index contributed by atoms with van der Waals surface area (Å²) in [6, 6.07) is 8.01. The van der Waals surface area contributed by atoms with Crippen LogP contribution in [0.4, 0.5) is 10.5 Å². The van der Waals surface area contributed by atoms with Gasteiger partial charge in [-0.05, 0) is 57.0 Å². The first-order valence-electron chi connectivity index (χ1n) is 6.59. The van der Waals surface area contributed by atoms with E-state index in [0.29, 0.717) is 0 Å². The third-order valence-corrected chi connectivity index (χ3v) is 3.19. The first kappa shape index (κ1) is 12.9. The van der Waals surface area contributed by atoms with Crippen LogP contribution in [0, 0.1) is 6.92 Å². The predicted molar refractivity (Wildman–Crippen MR) is 73.8 cm³/mol. The molecule has 2 rings (SSSR count). The van der Waals surface area contributed by atoms with Crippen LogP contribution in [-0.2, 0) is 0 Å². The van der Waals surface area contributed by atoms with Gasteiger partial charge in [-0.3, -0.25) is 0 Å². The Kier molecular flexibility index (Phi) is 4.59. The van der Waals surface area contributed by atoms with Crippen molar-refractivity contribution in [2.75, 3.05) is 18.4 Å². The van der Waals surface area contributed by atoms with E-state index in [0.717, 1.165) is 43.6 Å². The van der Waals surface area contributed by atoms with Crippen LogP contribution in [-0.4, -0.2) is 25.2 Å². The highest BCUT2D eigenvalue weighted by Gasteiger charge is 2.14. The highest BCUT2D eigenvalue weighted by molar-refractivity contribution is 5.89. The fraction of sp³-hybridized carbons (Fsp3) is 0.500. The summed E-state index contributed by atoms with van der Waals surface area (Å²) in [4.78, 5) is 11.9. The number of hydrogen-bond donors (Lipinski definition) is 3. The first-order chi connectivity index (χ1) is 8.74. The van der Waals surface area contributed by atoms with E-state index in [1.165, 1.54) is 0 Å². The molecule has 4 heteroatoms. The minimum atomic E-state index is -0.104. The van der Waals surface area contributed by atoms with Gasteiger partial charge in [0, 0.05) is 11.7 Å². The van der Waals surface area contributed by atoms with Gasteiger partial charge in [-0.2, -0.15) is 0 Å². The second-order valence-corrected chi connectivity index (χ2v) is 4.85. The van der Waals surface area contributed by atoms with Crippen LogP contribution in [0.2, 0.25) is 0 Å². The number of urea groups is 1. The molecule has 2 amide bonds. The highest BCUT2D eigenvalue weighted by atomic mass is 16.2. The zero-order valence-electron chi connectivity index (χ0n) is 10.8. The van der Waals surface area contributed by atoms with Crippen LogP contribution in [0.5, 0.6) is 0 Å². The van der Waals surface area contributed by atoms with Crippen molar-refractivity contribution in [3.63, 3.8) is 0 Å². The van der Waals surface area contributed by atoms with Crippen LogP contribution in [0.1, 0.15) is 24.8 Å². The number of amides is 2. The van der Waals surface area contributed by atoms with E-state index < -0.39 is 0 Å². The molecule has 1 unspecified atom stereocenters. The minimum absolute atomic E-state index is 0.104. The molecule has 1 aromatic rings. The Bertz CT molecular complexity index is 398. The summed E-state index contributed by atoms with van der Waals surface area (Å²) in [5.41, 5.74) is 1.99. The Morgan fingerprint density at radius 1 is 1.33 bits per heavy atom. The van der Waals surface area contributed by atoms with Crippen LogP contribution in [0.25, 0.3) is 0 Å². The van der Waals surface area contributed by atoms with E-state index in [2.05, 4.69) is 16.0 Å². The number of carbonyl (C=O) groups excluding carboxylic acids is 1. The third-order valence-electron chi connectivity index (χ3n) is 3.19. The lowest BCUT2D eigenvalue weighted by Crippen LogP contribution is -2.38. The molecule has 0 aromatic heterocycles. The molecule has 98 valence electrons. The molecule has 0 radical (unpaired) electrons. The smallest absolute Gasteiger partial charge is 0.319 e. The fourth-order valence-electron chi connectivity index (χ4n) is 2.24. The van der Waals surface area contributed by atoms with Crippen molar-refractivity contribution < 1.29 is 4.79 Å². The van der Waals surface area contributed by atoms with E-state index in [9.17, 15) is 4.79 Å². The maximum Gasteiger partial charge on any atom is 0.319 e. The topological polar surface area (TPSA) is 53.2 Å². The van der Waals surface area contributed by atoms with E-state index in [1.807, 2.05) is 31.2 Å². The van der Waals surface area contributed by atoms with Gasteiger partial charge in [0.1, 0.15) is 0 Å². The average molecular weight is 247 g/mol. The fourth-order valence-corrected chi connectivity index (χ4v) is 2.24. The Hall–Kier alpha value is -1.55. The predicted octanol–water partition coefficient (Wildman–Crippen LogP) is 2.26. The highest BCUT2D eigenvalue weighted by Crippen LogP contribution is 2.10. The molecule has 0 bridgehead atoms. The van der Waals surface area contributed by atoms with Gasteiger partial charge >= 0.3 is 6.03 Å². The quantitative estimate of drug-likeness (QED) is 0.751. The Labute approximate surface area is 108 Å². The molecule has 1 atom stereocenters. The van der Waals surface area contributed by atoms with Crippen molar-refractivity contribution in [3.05, 3.63) is 29.8 Å². The second-order valence-electron chi connectivity index (χ2n) is 4.85. The number of carbonyl (C=O) groups is 1. The number of anilines is 1. The number of benzene rings is 1. The molecule has 0 spiro atoms.